The second-order valence-corrected chi connectivity index (χ2v) is 5.01. The van der Waals surface area contributed by atoms with Gasteiger partial charge in [0.15, 0.2) is 5.76 Å². The van der Waals surface area contributed by atoms with Crippen molar-refractivity contribution in [2.24, 2.45) is 0 Å². The van der Waals surface area contributed by atoms with Crippen molar-refractivity contribution >= 4 is 17.8 Å². The Balaban J connectivity index is 1.75. The highest BCUT2D eigenvalue weighted by molar-refractivity contribution is 5.44. The van der Waals surface area contributed by atoms with Gasteiger partial charge in [0.25, 0.3) is 0 Å². The molecule has 1 aliphatic heterocycles. The summed E-state index contributed by atoms with van der Waals surface area (Å²) in [4.78, 5) is 15.4. The summed E-state index contributed by atoms with van der Waals surface area (Å²) in [5.41, 5.74) is 0.858. The minimum Gasteiger partial charge on any atom is -0.359 e. The van der Waals surface area contributed by atoms with Crippen molar-refractivity contribution in [3.8, 4) is 0 Å². The van der Waals surface area contributed by atoms with Crippen molar-refractivity contribution in [1.82, 2.24) is 20.1 Å². The van der Waals surface area contributed by atoms with Crippen LogP contribution in [0.3, 0.4) is 0 Å². The highest BCUT2D eigenvalue weighted by Crippen LogP contribution is 2.18. The molecule has 8 nitrogen and oxygen atoms in total. The first-order valence-corrected chi connectivity index (χ1v) is 7.09. The second kappa shape index (κ2) is 5.94. The van der Waals surface area contributed by atoms with E-state index in [1.54, 1.807) is 7.05 Å². The van der Waals surface area contributed by atoms with Crippen molar-refractivity contribution in [3.05, 3.63) is 17.5 Å². The Morgan fingerprint density at radius 1 is 1.19 bits per heavy atom. The molecule has 3 heterocycles. The first-order valence-electron chi connectivity index (χ1n) is 7.09. The van der Waals surface area contributed by atoms with Crippen molar-refractivity contribution in [1.29, 1.82) is 0 Å². The van der Waals surface area contributed by atoms with E-state index in [-0.39, 0.29) is 0 Å². The van der Waals surface area contributed by atoms with Gasteiger partial charge in [-0.3, -0.25) is 0 Å². The van der Waals surface area contributed by atoms with E-state index in [0.717, 1.165) is 24.5 Å². The van der Waals surface area contributed by atoms with E-state index in [2.05, 4.69) is 35.6 Å². The monoisotopic (exact) mass is 289 g/mol. The molecule has 0 radical (unpaired) electrons. The number of aromatic nitrogens is 4. The topological polar surface area (TPSA) is 92.0 Å². The van der Waals surface area contributed by atoms with Gasteiger partial charge < -0.3 is 20.1 Å². The van der Waals surface area contributed by atoms with Crippen LogP contribution in [0.1, 0.15) is 24.3 Å². The highest BCUT2D eigenvalue weighted by atomic mass is 16.5. The Kier molecular flexibility index (Phi) is 3.85. The molecule has 21 heavy (non-hydrogen) atoms. The number of nitrogens with zero attached hydrogens (tertiary/aromatic N) is 5. The SMILES string of the molecule is CNc1nc(NCc2cc(C)no2)nc(N2CCCC2)n1. The lowest BCUT2D eigenvalue weighted by molar-refractivity contribution is 0.384. The molecule has 0 aromatic carbocycles. The lowest BCUT2D eigenvalue weighted by Gasteiger charge is -2.16. The molecule has 0 unspecified atom stereocenters. The van der Waals surface area contributed by atoms with Gasteiger partial charge in [-0.25, -0.2) is 0 Å². The molecule has 1 fully saturated rings. The van der Waals surface area contributed by atoms with Crippen LogP contribution in [0.25, 0.3) is 0 Å². The van der Waals surface area contributed by atoms with Gasteiger partial charge in [0, 0.05) is 26.2 Å². The quantitative estimate of drug-likeness (QED) is 0.854. The predicted molar refractivity (Wildman–Crippen MR) is 79.4 cm³/mol. The molecule has 112 valence electrons. The Hall–Kier alpha value is -2.38. The van der Waals surface area contributed by atoms with E-state index in [4.69, 9.17) is 4.52 Å². The molecule has 1 aliphatic rings. The maximum atomic E-state index is 5.16. The summed E-state index contributed by atoms with van der Waals surface area (Å²) < 4.78 is 5.16. The molecule has 0 spiro atoms. The highest BCUT2D eigenvalue weighted by Gasteiger charge is 2.17. The average Bonchev–Trinajstić information content (AvgIpc) is 3.16. The molecular weight excluding hydrogens is 270 g/mol. The van der Waals surface area contributed by atoms with E-state index < -0.39 is 0 Å². The smallest absolute Gasteiger partial charge is 0.231 e. The van der Waals surface area contributed by atoms with Crippen LogP contribution in [0, 0.1) is 6.92 Å². The van der Waals surface area contributed by atoms with Crippen molar-refractivity contribution in [3.63, 3.8) is 0 Å². The largest absolute Gasteiger partial charge is 0.359 e. The summed E-state index contributed by atoms with van der Waals surface area (Å²) in [5, 5.41) is 9.97. The van der Waals surface area contributed by atoms with Gasteiger partial charge in [-0.05, 0) is 19.8 Å². The molecule has 0 atom stereocenters. The third-order valence-corrected chi connectivity index (χ3v) is 3.33. The summed E-state index contributed by atoms with van der Waals surface area (Å²) in [6.45, 7) is 4.37. The summed E-state index contributed by atoms with van der Waals surface area (Å²) in [6.07, 6.45) is 2.36. The van der Waals surface area contributed by atoms with E-state index >= 15 is 0 Å². The van der Waals surface area contributed by atoms with E-state index in [1.807, 2.05) is 13.0 Å². The maximum Gasteiger partial charge on any atom is 0.231 e. The molecule has 0 bridgehead atoms. The van der Waals surface area contributed by atoms with Crippen LogP contribution in [0.4, 0.5) is 17.8 Å². The maximum absolute atomic E-state index is 5.16. The minimum atomic E-state index is 0.493. The van der Waals surface area contributed by atoms with Crippen LogP contribution < -0.4 is 15.5 Å². The number of nitrogens with one attached hydrogen (secondary N) is 2. The van der Waals surface area contributed by atoms with Gasteiger partial charge in [0.2, 0.25) is 17.8 Å². The molecular formula is C13H19N7O. The Labute approximate surface area is 123 Å². The Bertz CT molecular complexity index is 606. The zero-order valence-electron chi connectivity index (χ0n) is 12.3. The third-order valence-electron chi connectivity index (χ3n) is 3.33. The number of hydrogen-bond donors (Lipinski definition) is 2. The number of rotatable bonds is 5. The van der Waals surface area contributed by atoms with E-state index in [1.165, 1.54) is 12.8 Å². The van der Waals surface area contributed by atoms with Gasteiger partial charge in [0.1, 0.15) is 0 Å². The number of aryl methyl sites for hydroxylation is 1. The van der Waals surface area contributed by atoms with Crippen molar-refractivity contribution in [2.75, 3.05) is 35.7 Å². The first kappa shape index (κ1) is 13.6. The lowest BCUT2D eigenvalue weighted by Crippen LogP contribution is -2.22. The van der Waals surface area contributed by atoms with Gasteiger partial charge >= 0.3 is 0 Å². The second-order valence-electron chi connectivity index (χ2n) is 5.01. The van der Waals surface area contributed by atoms with E-state index in [9.17, 15) is 0 Å². The van der Waals surface area contributed by atoms with Crippen LogP contribution in [-0.2, 0) is 6.54 Å². The standard InChI is InChI=1S/C13H19N7O/c1-9-7-10(21-19-9)8-15-12-16-11(14-2)17-13(18-12)20-5-3-4-6-20/h7H,3-6,8H2,1-2H3,(H2,14,15,16,17,18). The molecule has 0 saturated carbocycles. The van der Waals surface area contributed by atoms with Crippen molar-refractivity contribution in [2.45, 2.75) is 26.3 Å². The van der Waals surface area contributed by atoms with Crippen LogP contribution in [0.15, 0.2) is 10.6 Å². The fraction of sp³-hybridized carbons (Fsp3) is 0.538. The number of hydrogen-bond acceptors (Lipinski definition) is 8. The average molecular weight is 289 g/mol. The first-order chi connectivity index (χ1) is 10.2. The van der Waals surface area contributed by atoms with Crippen LogP contribution in [0.5, 0.6) is 0 Å². The molecule has 2 aromatic heterocycles. The fourth-order valence-electron chi connectivity index (χ4n) is 2.28. The lowest BCUT2D eigenvalue weighted by atomic mass is 10.4. The summed E-state index contributed by atoms with van der Waals surface area (Å²) in [6, 6.07) is 1.88. The molecule has 3 rings (SSSR count). The van der Waals surface area contributed by atoms with Crippen LogP contribution >= 0.6 is 0 Å². The van der Waals surface area contributed by atoms with Gasteiger partial charge in [-0.1, -0.05) is 5.16 Å². The molecule has 2 N–H and O–H groups in total. The summed E-state index contributed by atoms with van der Waals surface area (Å²) >= 11 is 0. The zero-order valence-corrected chi connectivity index (χ0v) is 12.3. The number of anilines is 3. The Morgan fingerprint density at radius 3 is 2.62 bits per heavy atom. The third kappa shape index (κ3) is 3.21. The minimum absolute atomic E-state index is 0.493. The van der Waals surface area contributed by atoms with Gasteiger partial charge in [0.05, 0.1) is 12.2 Å². The summed E-state index contributed by atoms with van der Waals surface area (Å²) in [7, 11) is 1.80. The van der Waals surface area contributed by atoms with Gasteiger partial charge in [-0.2, -0.15) is 15.0 Å². The predicted octanol–water partition coefficient (Wildman–Crippen LogP) is 1.42. The van der Waals surface area contributed by atoms with Crippen LogP contribution in [0.2, 0.25) is 0 Å². The van der Waals surface area contributed by atoms with E-state index in [0.29, 0.717) is 24.4 Å². The molecule has 2 aromatic rings. The van der Waals surface area contributed by atoms with Crippen molar-refractivity contribution < 1.29 is 4.52 Å². The fourth-order valence-corrected chi connectivity index (χ4v) is 2.28. The molecule has 8 heteroatoms. The zero-order chi connectivity index (χ0) is 14.7. The molecule has 1 saturated heterocycles. The Morgan fingerprint density at radius 2 is 1.95 bits per heavy atom. The summed E-state index contributed by atoms with van der Waals surface area (Å²) in [5.74, 6) is 2.55. The van der Waals surface area contributed by atoms with Gasteiger partial charge in [-0.15, -0.1) is 0 Å². The molecule has 0 amide bonds. The normalized spacial score (nSPS) is 14.5. The van der Waals surface area contributed by atoms with Crippen LogP contribution in [-0.4, -0.2) is 40.2 Å². The molecule has 0 aliphatic carbocycles.